The van der Waals surface area contributed by atoms with Gasteiger partial charge in [0, 0.05) is 0 Å². The van der Waals surface area contributed by atoms with Gasteiger partial charge in [-0.15, -0.1) is 0 Å². The van der Waals surface area contributed by atoms with Crippen molar-refractivity contribution in [2.24, 2.45) is 0 Å². The fourth-order valence-electron chi connectivity index (χ4n) is 1.74. The SMILES string of the molecule is COC(=O)[C@@H]1CCCN1.Cc1ccc(S(=O)(=O)O)cc1. The molecule has 7 heteroatoms. The molecule has 0 bridgehead atoms. The van der Waals surface area contributed by atoms with E-state index in [1.807, 2.05) is 6.92 Å². The van der Waals surface area contributed by atoms with Crippen LogP contribution in [0, 0.1) is 6.92 Å². The molecule has 0 amide bonds. The third-order valence-corrected chi connectivity index (χ3v) is 3.73. The maximum Gasteiger partial charge on any atom is 0.322 e. The van der Waals surface area contributed by atoms with Gasteiger partial charge in [0.1, 0.15) is 6.04 Å². The van der Waals surface area contributed by atoms with E-state index in [1.165, 1.54) is 19.2 Å². The minimum absolute atomic E-state index is 0.0324. The summed E-state index contributed by atoms with van der Waals surface area (Å²) in [5.74, 6) is -0.132. The van der Waals surface area contributed by atoms with E-state index < -0.39 is 10.1 Å². The number of ether oxygens (including phenoxy) is 1. The van der Waals surface area contributed by atoms with Crippen LogP contribution in [0.25, 0.3) is 0 Å². The summed E-state index contributed by atoms with van der Waals surface area (Å²) in [5, 5.41) is 3.03. The number of hydrogen-bond donors (Lipinski definition) is 2. The van der Waals surface area contributed by atoms with Gasteiger partial charge in [-0.1, -0.05) is 17.7 Å². The van der Waals surface area contributed by atoms with Crippen molar-refractivity contribution in [3.63, 3.8) is 0 Å². The Bertz CT molecular complexity index is 532. The lowest BCUT2D eigenvalue weighted by molar-refractivity contribution is -0.142. The van der Waals surface area contributed by atoms with Gasteiger partial charge in [-0.2, -0.15) is 8.42 Å². The first-order valence-electron chi connectivity index (χ1n) is 6.20. The van der Waals surface area contributed by atoms with Crippen molar-refractivity contribution in [2.75, 3.05) is 13.7 Å². The van der Waals surface area contributed by atoms with Crippen LogP contribution in [0.2, 0.25) is 0 Å². The Morgan fingerprint density at radius 2 is 1.95 bits per heavy atom. The largest absolute Gasteiger partial charge is 0.468 e. The third kappa shape index (κ3) is 5.28. The molecule has 0 aromatic heterocycles. The predicted octanol–water partition coefficient (Wildman–Crippen LogP) is 1.15. The van der Waals surface area contributed by atoms with Crippen LogP contribution in [0.3, 0.4) is 0 Å². The zero-order valence-corrected chi connectivity index (χ0v) is 12.3. The molecule has 0 aliphatic carbocycles. The highest BCUT2D eigenvalue weighted by atomic mass is 32.2. The van der Waals surface area contributed by atoms with Crippen LogP contribution in [0.5, 0.6) is 0 Å². The predicted molar refractivity (Wildman–Crippen MR) is 74.0 cm³/mol. The van der Waals surface area contributed by atoms with E-state index >= 15 is 0 Å². The minimum Gasteiger partial charge on any atom is -0.468 e. The topological polar surface area (TPSA) is 92.7 Å². The Morgan fingerprint density at radius 3 is 2.35 bits per heavy atom. The highest BCUT2D eigenvalue weighted by Crippen LogP contribution is 2.08. The van der Waals surface area contributed by atoms with Gasteiger partial charge in [0.25, 0.3) is 10.1 Å². The van der Waals surface area contributed by atoms with Crippen molar-refractivity contribution in [2.45, 2.75) is 30.7 Å². The highest BCUT2D eigenvalue weighted by Gasteiger charge is 2.21. The van der Waals surface area contributed by atoms with Gasteiger partial charge in [-0.3, -0.25) is 9.35 Å². The molecule has 1 aromatic rings. The summed E-state index contributed by atoms with van der Waals surface area (Å²) >= 11 is 0. The molecule has 0 unspecified atom stereocenters. The van der Waals surface area contributed by atoms with Crippen molar-refractivity contribution < 1.29 is 22.5 Å². The van der Waals surface area contributed by atoms with E-state index in [0.717, 1.165) is 24.9 Å². The average molecular weight is 301 g/mol. The van der Waals surface area contributed by atoms with E-state index in [4.69, 9.17) is 4.55 Å². The molecular weight excluding hydrogens is 282 g/mol. The van der Waals surface area contributed by atoms with E-state index in [9.17, 15) is 13.2 Å². The highest BCUT2D eigenvalue weighted by molar-refractivity contribution is 7.85. The molecule has 1 aliphatic rings. The Labute approximate surface area is 118 Å². The van der Waals surface area contributed by atoms with E-state index in [2.05, 4.69) is 10.1 Å². The van der Waals surface area contributed by atoms with Gasteiger partial charge in [-0.05, 0) is 38.4 Å². The summed E-state index contributed by atoms with van der Waals surface area (Å²) in [6, 6.07) is 5.96. The molecule has 6 nitrogen and oxygen atoms in total. The molecule has 0 spiro atoms. The fourth-order valence-corrected chi connectivity index (χ4v) is 2.22. The summed E-state index contributed by atoms with van der Waals surface area (Å²) in [4.78, 5) is 10.7. The lowest BCUT2D eigenvalue weighted by Gasteiger charge is -2.04. The quantitative estimate of drug-likeness (QED) is 0.629. The Balaban J connectivity index is 0.000000204. The van der Waals surface area contributed by atoms with Gasteiger partial charge in [0.05, 0.1) is 12.0 Å². The van der Waals surface area contributed by atoms with Gasteiger partial charge in [0.15, 0.2) is 0 Å². The summed E-state index contributed by atoms with van der Waals surface area (Å²) in [6.07, 6.45) is 2.01. The van der Waals surface area contributed by atoms with Crippen LogP contribution in [0.4, 0.5) is 0 Å². The molecule has 2 N–H and O–H groups in total. The zero-order chi connectivity index (χ0) is 15.2. The third-order valence-electron chi connectivity index (χ3n) is 2.86. The maximum absolute atomic E-state index is 10.7. The van der Waals surface area contributed by atoms with Crippen molar-refractivity contribution in [3.05, 3.63) is 29.8 Å². The number of carbonyl (C=O) groups is 1. The molecule has 1 fully saturated rings. The zero-order valence-electron chi connectivity index (χ0n) is 11.5. The molecule has 1 heterocycles. The molecule has 20 heavy (non-hydrogen) atoms. The van der Waals surface area contributed by atoms with Crippen LogP contribution >= 0.6 is 0 Å². The lowest BCUT2D eigenvalue weighted by atomic mass is 10.2. The molecular formula is C13H19NO5S. The molecule has 0 radical (unpaired) electrons. The second-order valence-electron chi connectivity index (χ2n) is 4.46. The minimum atomic E-state index is -4.02. The van der Waals surface area contributed by atoms with Crippen molar-refractivity contribution in [1.29, 1.82) is 0 Å². The van der Waals surface area contributed by atoms with Crippen LogP contribution in [-0.4, -0.2) is 38.6 Å². The molecule has 1 atom stereocenters. The summed E-state index contributed by atoms with van der Waals surface area (Å²) in [7, 11) is -2.60. The van der Waals surface area contributed by atoms with Crippen LogP contribution in [-0.2, 0) is 19.6 Å². The van der Waals surface area contributed by atoms with Crippen molar-refractivity contribution in [1.82, 2.24) is 5.32 Å². The Kier molecular flexibility index (Phi) is 6.12. The number of esters is 1. The number of hydrogen-bond acceptors (Lipinski definition) is 5. The number of nitrogens with one attached hydrogen (secondary N) is 1. The van der Waals surface area contributed by atoms with E-state index in [-0.39, 0.29) is 16.9 Å². The molecule has 112 valence electrons. The van der Waals surface area contributed by atoms with Crippen molar-refractivity contribution in [3.8, 4) is 0 Å². The standard InChI is InChI=1S/C7H8O3S.C6H11NO2/c1-6-2-4-7(5-3-6)11(8,9)10;1-9-6(8)5-3-2-4-7-5/h2-5H,1H3,(H,8,9,10);5,7H,2-4H2,1H3/t;5-/m.0/s1. The molecule has 1 aliphatic heterocycles. The second kappa shape index (κ2) is 7.37. The summed E-state index contributed by atoms with van der Waals surface area (Å²) < 4.78 is 34.1. The van der Waals surface area contributed by atoms with E-state index in [0.29, 0.717) is 0 Å². The smallest absolute Gasteiger partial charge is 0.322 e. The van der Waals surface area contributed by atoms with Gasteiger partial charge < -0.3 is 10.1 Å². The van der Waals surface area contributed by atoms with Crippen LogP contribution in [0.15, 0.2) is 29.2 Å². The van der Waals surface area contributed by atoms with E-state index in [1.54, 1.807) is 12.1 Å². The Hall–Kier alpha value is -1.44. The molecule has 1 saturated heterocycles. The number of aryl methyl sites for hydroxylation is 1. The average Bonchev–Trinajstić information content (AvgIpc) is 2.92. The molecule has 2 rings (SSSR count). The first kappa shape index (κ1) is 16.6. The molecule has 0 saturated carbocycles. The monoisotopic (exact) mass is 301 g/mol. The Morgan fingerprint density at radius 1 is 1.35 bits per heavy atom. The number of benzene rings is 1. The van der Waals surface area contributed by atoms with Gasteiger partial charge in [0.2, 0.25) is 0 Å². The maximum atomic E-state index is 10.7. The second-order valence-corrected chi connectivity index (χ2v) is 5.88. The first-order chi connectivity index (χ1) is 9.34. The van der Waals surface area contributed by atoms with Gasteiger partial charge in [-0.25, -0.2) is 0 Å². The fraction of sp³-hybridized carbons (Fsp3) is 0.462. The number of methoxy groups -OCH3 is 1. The summed E-state index contributed by atoms with van der Waals surface area (Å²) in [5.41, 5.74) is 0.956. The normalized spacial score (nSPS) is 18.1. The molecule has 1 aromatic carbocycles. The first-order valence-corrected chi connectivity index (χ1v) is 7.64. The number of carbonyl (C=O) groups excluding carboxylic acids is 1. The number of rotatable bonds is 2. The van der Waals surface area contributed by atoms with Crippen molar-refractivity contribution >= 4 is 16.1 Å². The van der Waals surface area contributed by atoms with Gasteiger partial charge >= 0.3 is 5.97 Å². The summed E-state index contributed by atoms with van der Waals surface area (Å²) in [6.45, 7) is 2.79. The van der Waals surface area contributed by atoms with Crippen LogP contribution < -0.4 is 5.32 Å². The lowest BCUT2D eigenvalue weighted by Crippen LogP contribution is -2.31. The van der Waals surface area contributed by atoms with Crippen LogP contribution in [0.1, 0.15) is 18.4 Å².